The molecule has 1 saturated carbocycles. The number of benzene rings is 1. The fourth-order valence-corrected chi connectivity index (χ4v) is 2.49. The Kier molecular flexibility index (Phi) is 3.87. The summed E-state index contributed by atoms with van der Waals surface area (Å²) in [5.41, 5.74) is 0.562. The Morgan fingerprint density at radius 2 is 1.88 bits per heavy atom. The number of hydrogen-bond donors (Lipinski definition) is 0. The second-order valence-electron chi connectivity index (χ2n) is 4.82. The van der Waals surface area contributed by atoms with Crippen LogP contribution in [0.25, 0.3) is 0 Å². The molecular formula is C14H16F2O. The van der Waals surface area contributed by atoms with Crippen LogP contribution in [0.15, 0.2) is 18.2 Å². The van der Waals surface area contributed by atoms with Gasteiger partial charge in [0.25, 0.3) is 0 Å². The van der Waals surface area contributed by atoms with Crippen LogP contribution >= 0.6 is 0 Å². The van der Waals surface area contributed by atoms with Gasteiger partial charge in [-0.15, -0.1) is 0 Å². The van der Waals surface area contributed by atoms with Crippen LogP contribution in [0, 0.1) is 17.6 Å². The summed E-state index contributed by atoms with van der Waals surface area (Å²) < 4.78 is 25.7. The number of Topliss-reactive ketones (excluding diaryl/α,β-unsaturated/α-hetero) is 1. The van der Waals surface area contributed by atoms with Gasteiger partial charge in [0, 0.05) is 12.8 Å². The lowest BCUT2D eigenvalue weighted by atomic mass is 9.97. The molecular weight excluding hydrogens is 222 g/mol. The van der Waals surface area contributed by atoms with Gasteiger partial charge in [-0.25, -0.2) is 8.78 Å². The van der Waals surface area contributed by atoms with Crippen LogP contribution in [0.2, 0.25) is 0 Å². The Balaban J connectivity index is 1.90. The molecule has 1 nitrogen and oxygen atoms in total. The van der Waals surface area contributed by atoms with Crippen LogP contribution < -0.4 is 0 Å². The molecule has 0 N–H and O–H groups in total. The Bertz CT molecular complexity index is 409. The fourth-order valence-electron chi connectivity index (χ4n) is 2.49. The molecule has 0 saturated heterocycles. The first kappa shape index (κ1) is 12.2. The van der Waals surface area contributed by atoms with Crippen molar-refractivity contribution in [3.8, 4) is 0 Å². The third-order valence-electron chi connectivity index (χ3n) is 3.38. The zero-order valence-corrected chi connectivity index (χ0v) is 9.72. The molecule has 1 fully saturated rings. The first-order valence-corrected chi connectivity index (χ1v) is 6.11. The molecule has 0 aromatic heterocycles. The summed E-state index contributed by atoms with van der Waals surface area (Å²) in [5.74, 6) is -1.11. The summed E-state index contributed by atoms with van der Waals surface area (Å²) in [4.78, 5) is 11.7. The summed E-state index contributed by atoms with van der Waals surface area (Å²) in [7, 11) is 0. The minimum absolute atomic E-state index is 0.128. The van der Waals surface area contributed by atoms with E-state index in [1.165, 1.54) is 18.9 Å². The Morgan fingerprint density at radius 3 is 2.53 bits per heavy atom. The van der Waals surface area contributed by atoms with E-state index in [9.17, 15) is 13.6 Å². The Labute approximate surface area is 99.8 Å². The van der Waals surface area contributed by atoms with Gasteiger partial charge < -0.3 is 0 Å². The molecule has 0 atom stereocenters. The number of halogens is 2. The predicted octanol–water partition coefficient (Wildman–Crippen LogP) is 3.66. The summed E-state index contributed by atoms with van der Waals surface area (Å²) >= 11 is 0. The summed E-state index contributed by atoms with van der Waals surface area (Å²) in [6.07, 6.45) is 5.48. The fraction of sp³-hybridized carbons (Fsp3) is 0.500. The second kappa shape index (κ2) is 5.39. The van der Waals surface area contributed by atoms with E-state index < -0.39 is 11.6 Å². The highest BCUT2D eigenvalue weighted by Gasteiger charge is 2.18. The van der Waals surface area contributed by atoms with Crippen molar-refractivity contribution in [3.63, 3.8) is 0 Å². The van der Waals surface area contributed by atoms with Gasteiger partial charge in [0.1, 0.15) is 5.78 Å². The summed E-state index contributed by atoms with van der Waals surface area (Å²) in [6, 6.07) is 3.67. The monoisotopic (exact) mass is 238 g/mol. The highest BCUT2D eigenvalue weighted by Crippen LogP contribution is 2.28. The minimum Gasteiger partial charge on any atom is -0.299 e. The molecule has 3 heteroatoms. The topological polar surface area (TPSA) is 17.1 Å². The van der Waals surface area contributed by atoms with Crippen LogP contribution in [0.4, 0.5) is 8.78 Å². The van der Waals surface area contributed by atoms with E-state index in [1.54, 1.807) is 0 Å². The lowest BCUT2D eigenvalue weighted by Crippen LogP contribution is -2.08. The molecule has 1 aromatic rings. The van der Waals surface area contributed by atoms with E-state index in [-0.39, 0.29) is 12.2 Å². The largest absolute Gasteiger partial charge is 0.299 e. The smallest absolute Gasteiger partial charge is 0.159 e. The number of hydrogen-bond acceptors (Lipinski definition) is 1. The number of ketones is 1. The van der Waals surface area contributed by atoms with Gasteiger partial charge in [-0.3, -0.25) is 4.79 Å². The molecule has 92 valence electrons. The summed E-state index contributed by atoms with van der Waals surface area (Å²) in [5, 5.41) is 0. The standard InChI is InChI=1S/C14H16F2O/c15-13-6-5-11(9-14(13)16)8-12(17)7-10-3-1-2-4-10/h5-6,9-10H,1-4,7-8H2. The van der Waals surface area contributed by atoms with E-state index in [4.69, 9.17) is 0 Å². The van der Waals surface area contributed by atoms with Gasteiger partial charge in [0.15, 0.2) is 11.6 Å². The molecule has 17 heavy (non-hydrogen) atoms. The van der Waals surface area contributed by atoms with Gasteiger partial charge in [-0.2, -0.15) is 0 Å². The van der Waals surface area contributed by atoms with Crippen molar-refractivity contribution in [2.75, 3.05) is 0 Å². The van der Waals surface area contributed by atoms with Crippen molar-refractivity contribution in [1.82, 2.24) is 0 Å². The molecule has 1 aromatic carbocycles. The van der Waals surface area contributed by atoms with Gasteiger partial charge >= 0.3 is 0 Å². The SMILES string of the molecule is O=C(Cc1ccc(F)c(F)c1)CC1CCCC1. The maximum atomic E-state index is 12.9. The average Bonchev–Trinajstić information content (AvgIpc) is 2.76. The van der Waals surface area contributed by atoms with Crippen molar-refractivity contribution in [3.05, 3.63) is 35.4 Å². The van der Waals surface area contributed by atoms with Crippen molar-refractivity contribution in [2.45, 2.75) is 38.5 Å². The van der Waals surface area contributed by atoms with E-state index >= 15 is 0 Å². The van der Waals surface area contributed by atoms with E-state index in [1.807, 2.05) is 0 Å². The van der Waals surface area contributed by atoms with Gasteiger partial charge in [-0.1, -0.05) is 31.7 Å². The Morgan fingerprint density at radius 1 is 1.18 bits per heavy atom. The number of rotatable bonds is 4. The molecule has 0 spiro atoms. The van der Waals surface area contributed by atoms with Crippen LogP contribution in [0.3, 0.4) is 0 Å². The number of carbonyl (C=O) groups is 1. The predicted molar refractivity (Wildman–Crippen MR) is 61.6 cm³/mol. The maximum Gasteiger partial charge on any atom is 0.159 e. The minimum atomic E-state index is -0.879. The normalized spacial score (nSPS) is 16.4. The van der Waals surface area contributed by atoms with Gasteiger partial charge in [0.2, 0.25) is 0 Å². The average molecular weight is 238 g/mol. The summed E-state index contributed by atoms with van der Waals surface area (Å²) in [6.45, 7) is 0. The maximum absolute atomic E-state index is 12.9. The molecule has 2 rings (SSSR count). The molecule has 0 heterocycles. The molecule has 0 amide bonds. The second-order valence-corrected chi connectivity index (χ2v) is 4.82. The lowest BCUT2D eigenvalue weighted by Gasteiger charge is -2.07. The molecule has 1 aliphatic rings. The van der Waals surface area contributed by atoms with Gasteiger partial charge in [0.05, 0.1) is 0 Å². The van der Waals surface area contributed by atoms with Crippen LogP contribution in [-0.2, 0) is 11.2 Å². The molecule has 0 bridgehead atoms. The molecule has 0 aliphatic heterocycles. The van der Waals surface area contributed by atoms with Gasteiger partial charge in [-0.05, 0) is 23.6 Å². The first-order valence-electron chi connectivity index (χ1n) is 6.11. The van der Waals surface area contributed by atoms with Crippen molar-refractivity contribution in [2.24, 2.45) is 5.92 Å². The van der Waals surface area contributed by atoms with Crippen LogP contribution in [0.5, 0.6) is 0 Å². The zero-order valence-electron chi connectivity index (χ0n) is 9.72. The molecule has 1 aliphatic carbocycles. The Hall–Kier alpha value is -1.25. The van der Waals surface area contributed by atoms with E-state index in [0.29, 0.717) is 17.9 Å². The highest BCUT2D eigenvalue weighted by atomic mass is 19.2. The molecule has 0 unspecified atom stereocenters. The zero-order chi connectivity index (χ0) is 12.3. The first-order chi connectivity index (χ1) is 8.15. The third kappa shape index (κ3) is 3.35. The van der Waals surface area contributed by atoms with Crippen molar-refractivity contribution < 1.29 is 13.6 Å². The van der Waals surface area contributed by atoms with Crippen molar-refractivity contribution >= 4 is 5.78 Å². The number of carbonyl (C=O) groups excluding carboxylic acids is 1. The van der Waals surface area contributed by atoms with Crippen LogP contribution in [0.1, 0.15) is 37.7 Å². The van der Waals surface area contributed by atoms with E-state index in [2.05, 4.69) is 0 Å². The van der Waals surface area contributed by atoms with Crippen LogP contribution in [-0.4, -0.2) is 5.78 Å². The molecule has 0 radical (unpaired) electrons. The lowest BCUT2D eigenvalue weighted by molar-refractivity contribution is -0.119. The third-order valence-corrected chi connectivity index (χ3v) is 3.38. The highest BCUT2D eigenvalue weighted by molar-refractivity contribution is 5.81. The van der Waals surface area contributed by atoms with E-state index in [0.717, 1.165) is 25.0 Å². The quantitative estimate of drug-likeness (QED) is 0.782. The van der Waals surface area contributed by atoms with Crippen molar-refractivity contribution in [1.29, 1.82) is 0 Å².